The number of hydrogen-bond acceptors (Lipinski definition) is 3. The molecule has 0 aromatic heterocycles. The van der Waals surface area contributed by atoms with Gasteiger partial charge in [-0.3, -0.25) is 4.79 Å². The van der Waals surface area contributed by atoms with E-state index in [-0.39, 0.29) is 11.8 Å². The lowest BCUT2D eigenvalue weighted by Gasteiger charge is -2.32. The summed E-state index contributed by atoms with van der Waals surface area (Å²) in [5.74, 6) is 1.44. The van der Waals surface area contributed by atoms with E-state index in [2.05, 4.69) is 4.90 Å². The van der Waals surface area contributed by atoms with Crippen LogP contribution in [0.25, 0.3) is 0 Å². The highest BCUT2D eigenvalue weighted by molar-refractivity contribution is 7.99. The van der Waals surface area contributed by atoms with Crippen molar-refractivity contribution in [3.63, 3.8) is 0 Å². The SMILES string of the molecule is CN(C)C(=O)C1CCN(CCSc2cc(Cl)ccc2Cl)CC1. The quantitative estimate of drug-likeness (QED) is 0.744. The second kappa shape index (κ2) is 8.44. The fourth-order valence-corrected chi connectivity index (χ4v) is 4.14. The summed E-state index contributed by atoms with van der Waals surface area (Å²) in [7, 11) is 3.67. The Morgan fingerprint density at radius 1 is 1.32 bits per heavy atom. The molecule has 0 unspecified atom stereocenters. The first-order valence-electron chi connectivity index (χ1n) is 7.48. The topological polar surface area (TPSA) is 23.6 Å². The molecule has 0 N–H and O–H groups in total. The van der Waals surface area contributed by atoms with Crippen LogP contribution in [-0.2, 0) is 4.79 Å². The molecule has 1 aromatic carbocycles. The van der Waals surface area contributed by atoms with Gasteiger partial charge in [-0.25, -0.2) is 0 Å². The Labute approximate surface area is 146 Å². The van der Waals surface area contributed by atoms with Gasteiger partial charge in [0.1, 0.15) is 0 Å². The van der Waals surface area contributed by atoms with Crippen molar-refractivity contribution < 1.29 is 4.79 Å². The van der Waals surface area contributed by atoms with Gasteiger partial charge in [0.05, 0.1) is 5.02 Å². The highest BCUT2D eigenvalue weighted by atomic mass is 35.5. The number of piperidine rings is 1. The molecular weight excluding hydrogens is 339 g/mol. The van der Waals surface area contributed by atoms with E-state index >= 15 is 0 Å². The predicted molar refractivity (Wildman–Crippen MR) is 95.0 cm³/mol. The average Bonchev–Trinajstić information content (AvgIpc) is 2.50. The Kier molecular flexibility index (Phi) is 6.87. The standard InChI is InChI=1S/C16H22Cl2N2OS/c1-19(2)16(21)12-5-7-20(8-6-12)9-10-22-15-11-13(17)3-4-14(15)18/h3-4,11-12H,5-10H2,1-2H3. The molecule has 6 heteroatoms. The second-order valence-corrected chi connectivity index (χ2v) is 7.75. The zero-order chi connectivity index (χ0) is 16.1. The van der Waals surface area contributed by atoms with Crippen molar-refractivity contribution in [3.8, 4) is 0 Å². The van der Waals surface area contributed by atoms with Crippen LogP contribution < -0.4 is 0 Å². The van der Waals surface area contributed by atoms with Crippen LogP contribution in [0, 0.1) is 5.92 Å². The molecule has 0 bridgehead atoms. The third-order valence-corrected chi connectivity index (χ3v) is 5.65. The van der Waals surface area contributed by atoms with E-state index in [1.54, 1.807) is 22.7 Å². The molecule has 1 fully saturated rings. The van der Waals surface area contributed by atoms with E-state index in [9.17, 15) is 4.79 Å². The van der Waals surface area contributed by atoms with E-state index in [0.29, 0.717) is 0 Å². The molecule has 0 aliphatic carbocycles. The zero-order valence-electron chi connectivity index (χ0n) is 13.0. The maximum atomic E-state index is 11.9. The Morgan fingerprint density at radius 2 is 2.00 bits per heavy atom. The van der Waals surface area contributed by atoms with Gasteiger partial charge in [0.2, 0.25) is 5.91 Å². The van der Waals surface area contributed by atoms with Crippen LogP contribution in [0.15, 0.2) is 23.1 Å². The Morgan fingerprint density at radius 3 is 2.64 bits per heavy atom. The fraction of sp³-hybridized carbons (Fsp3) is 0.562. The molecular formula is C16H22Cl2N2OS. The third-order valence-electron chi connectivity index (χ3n) is 3.94. The summed E-state index contributed by atoms with van der Waals surface area (Å²) in [5, 5.41) is 1.47. The number of nitrogens with zero attached hydrogens (tertiary/aromatic N) is 2. The molecule has 0 saturated carbocycles. The van der Waals surface area contributed by atoms with E-state index in [1.807, 2.05) is 26.2 Å². The normalized spacial score (nSPS) is 16.7. The van der Waals surface area contributed by atoms with Crippen LogP contribution in [0.2, 0.25) is 10.0 Å². The van der Waals surface area contributed by atoms with E-state index in [1.165, 1.54) is 0 Å². The second-order valence-electron chi connectivity index (χ2n) is 5.77. The molecule has 0 spiro atoms. The van der Waals surface area contributed by atoms with Gasteiger partial charge in [-0.15, -0.1) is 11.8 Å². The van der Waals surface area contributed by atoms with Crippen molar-refractivity contribution in [2.75, 3.05) is 39.5 Å². The molecule has 2 rings (SSSR count). The largest absolute Gasteiger partial charge is 0.349 e. The zero-order valence-corrected chi connectivity index (χ0v) is 15.3. The third kappa shape index (κ3) is 5.05. The number of thioether (sulfide) groups is 1. The number of halogens is 2. The summed E-state index contributed by atoms with van der Waals surface area (Å²) in [6.07, 6.45) is 1.92. The van der Waals surface area contributed by atoms with Crippen LogP contribution >= 0.6 is 35.0 Å². The molecule has 1 amide bonds. The van der Waals surface area contributed by atoms with Crippen LogP contribution in [-0.4, -0.2) is 55.2 Å². The van der Waals surface area contributed by atoms with Crippen molar-refractivity contribution in [2.45, 2.75) is 17.7 Å². The van der Waals surface area contributed by atoms with Crippen molar-refractivity contribution in [3.05, 3.63) is 28.2 Å². The highest BCUT2D eigenvalue weighted by Gasteiger charge is 2.25. The van der Waals surface area contributed by atoms with Crippen molar-refractivity contribution >= 4 is 40.9 Å². The summed E-state index contributed by atoms with van der Waals surface area (Å²) < 4.78 is 0. The van der Waals surface area contributed by atoms with Crippen molar-refractivity contribution in [2.24, 2.45) is 5.92 Å². The molecule has 22 heavy (non-hydrogen) atoms. The van der Waals surface area contributed by atoms with Crippen LogP contribution in [0.5, 0.6) is 0 Å². The lowest BCUT2D eigenvalue weighted by molar-refractivity contribution is -0.134. The number of carbonyl (C=O) groups is 1. The lowest BCUT2D eigenvalue weighted by atomic mass is 9.95. The van der Waals surface area contributed by atoms with Gasteiger partial charge < -0.3 is 9.80 Å². The molecule has 122 valence electrons. The summed E-state index contributed by atoms with van der Waals surface area (Å²) in [5.41, 5.74) is 0. The number of benzene rings is 1. The van der Waals surface area contributed by atoms with Gasteiger partial charge >= 0.3 is 0 Å². The fourth-order valence-electron chi connectivity index (χ4n) is 2.64. The first-order valence-corrected chi connectivity index (χ1v) is 9.23. The molecule has 0 atom stereocenters. The van der Waals surface area contributed by atoms with E-state index < -0.39 is 0 Å². The maximum absolute atomic E-state index is 11.9. The van der Waals surface area contributed by atoms with Crippen molar-refractivity contribution in [1.29, 1.82) is 0 Å². The molecule has 1 aliphatic rings. The summed E-state index contributed by atoms with van der Waals surface area (Å²) >= 11 is 13.9. The molecule has 1 aliphatic heterocycles. The van der Waals surface area contributed by atoms with Crippen LogP contribution in [0.3, 0.4) is 0 Å². The van der Waals surface area contributed by atoms with E-state index in [4.69, 9.17) is 23.2 Å². The number of rotatable bonds is 5. The van der Waals surface area contributed by atoms with Gasteiger partial charge in [-0.05, 0) is 44.1 Å². The Hall–Kier alpha value is -0.420. The van der Waals surface area contributed by atoms with Crippen LogP contribution in [0.4, 0.5) is 0 Å². The first kappa shape index (κ1) is 17.9. The number of carbonyl (C=O) groups excluding carboxylic acids is 1. The maximum Gasteiger partial charge on any atom is 0.225 e. The Balaban J connectivity index is 1.73. The summed E-state index contributed by atoms with van der Waals surface area (Å²) in [6, 6.07) is 5.56. The average molecular weight is 361 g/mol. The van der Waals surface area contributed by atoms with Gasteiger partial charge in [0.15, 0.2) is 0 Å². The van der Waals surface area contributed by atoms with Gasteiger partial charge in [-0.1, -0.05) is 23.2 Å². The minimum absolute atomic E-state index is 0.196. The summed E-state index contributed by atoms with van der Waals surface area (Å²) in [4.78, 5) is 17.1. The lowest BCUT2D eigenvalue weighted by Crippen LogP contribution is -2.40. The van der Waals surface area contributed by atoms with Gasteiger partial charge in [0, 0.05) is 42.2 Å². The smallest absolute Gasteiger partial charge is 0.225 e. The predicted octanol–water partition coefficient (Wildman–Crippen LogP) is 3.89. The molecule has 1 saturated heterocycles. The number of hydrogen-bond donors (Lipinski definition) is 0. The molecule has 1 heterocycles. The van der Waals surface area contributed by atoms with Gasteiger partial charge in [0.25, 0.3) is 0 Å². The summed E-state index contributed by atoms with van der Waals surface area (Å²) in [6.45, 7) is 3.00. The van der Waals surface area contributed by atoms with Crippen LogP contribution in [0.1, 0.15) is 12.8 Å². The van der Waals surface area contributed by atoms with Gasteiger partial charge in [-0.2, -0.15) is 0 Å². The van der Waals surface area contributed by atoms with E-state index in [0.717, 1.165) is 53.2 Å². The van der Waals surface area contributed by atoms with Crippen molar-refractivity contribution in [1.82, 2.24) is 9.80 Å². The monoisotopic (exact) mass is 360 g/mol. The first-order chi connectivity index (χ1) is 10.5. The number of amides is 1. The highest BCUT2D eigenvalue weighted by Crippen LogP contribution is 2.30. The Bertz CT molecular complexity index is 517. The molecule has 3 nitrogen and oxygen atoms in total. The number of likely N-dealkylation sites (tertiary alicyclic amines) is 1. The molecule has 1 aromatic rings. The minimum atomic E-state index is 0.196. The minimum Gasteiger partial charge on any atom is -0.349 e. The molecule has 0 radical (unpaired) electrons.